The number of unbranched alkanes of at least 4 members (excludes halogenated alkanes) is 14. The Kier molecular flexibility index (Phi) is 12.8. The first-order chi connectivity index (χ1) is 22.8. The number of thiophene rings is 4. The molecule has 4 heteroatoms. The van der Waals surface area contributed by atoms with Gasteiger partial charge in [-0.25, -0.2) is 0 Å². The van der Waals surface area contributed by atoms with Gasteiger partial charge in [0.2, 0.25) is 0 Å². The highest BCUT2D eigenvalue weighted by molar-refractivity contribution is 7.27. The van der Waals surface area contributed by atoms with Gasteiger partial charge in [-0.1, -0.05) is 128 Å². The molecule has 2 aromatic carbocycles. The Morgan fingerprint density at radius 2 is 0.826 bits per heavy atom. The fraction of sp³-hybridized carbons (Fsp3) is 0.476. The van der Waals surface area contributed by atoms with E-state index in [1.54, 1.807) is 11.1 Å². The van der Waals surface area contributed by atoms with Crippen LogP contribution in [-0.4, -0.2) is 0 Å². The summed E-state index contributed by atoms with van der Waals surface area (Å²) in [5.74, 6) is 0. The summed E-state index contributed by atoms with van der Waals surface area (Å²) in [6.07, 6.45) is 24.5. The second-order valence-corrected chi connectivity index (χ2v) is 17.2. The minimum absolute atomic E-state index is 1.21. The van der Waals surface area contributed by atoms with Gasteiger partial charge >= 0.3 is 0 Å². The molecule has 0 amide bonds. The molecule has 0 atom stereocenters. The maximum absolute atomic E-state index is 2.45. The summed E-state index contributed by atoms with van der Waals surface area (Å²) in [7, 11) is 0. The van der Waals surface area contributed by atoms with Crippen LogP contribution in [0.15, 0.2) is 59.3 Å². The summed E-state index contributed by atoms with van der Waals surface area (Å²) in [6.45, 7) is 4.60. The van der Waals surface area contributed by atoms with Crippen LogP contribution in [0.5, 0.6) is 0 Å². The van der Waals surface area contributed by atoms with Gasteiger partial charge < -0.3 is 0 Å². The molecule has 4 aromatic heterocycles. The van der Waals surface area contributed by atoms with Crippen LogP contribution < -0.4 is 0 Å². The van der Waals surface area contributed by atoms with E-state index in [0.29, 0.717) is 0 Å². The largest absolute Gasteiger partial charge is 0.143 e. The van der Waals surface area contributed by atoms with Gasteiger partial charge in [-0.2, -0.15) is 0 Å². The van der Waals surface area contributed by atoms with Crippen molar-refractivity contribution in [3.63, 3.8) is 0 Å². The number of hydrogen-bond donors (Lipinski definition) is 0. The second-order valence-electron chi connectivity index (χ2n) is 13.3. The molecule has 4 heterocycles. The van der Waals surface area contributed by atoms with E-state index in [1.807, 2.05) is 45.3 Å². The highest BCUT2D eigenvalue weighted by Crippen LogP contribution is 2.46. The van der Waals surface area contributed by atoms with Crippen LogP contribution >= 0.6 is 45.3 Å². The third-order valence-electron chi connectivity index (χ3n) is 9.70. The molecule has 0 saturated carbocycles. The van der Waals surface area contributed by atoms with Gasteiger partial charge in [0.15, 0.2) is 0 Å². The molecular weight excluding hydrogens is 633 g/mol. The van der Waals surface area contributed by atoms with Crippen molar-refractivity contribution in [3.05, 3.63) is 70.4 Å². The number of rotatable bonds is 20. The molecule has 0 fully saturated rings. The summed E-state index contributed by atoms with van der Waals surface area (Å²) in [4.78, 5) is 5.89. The lowest BCUT2D eigenvalue weighted by Crippen LogP contribution is -1.86. The summed E-state index contributed by atoms with van der Waals surface area (Å²) in [5.41, 5.74) is 3.10. The monoisotopic (exact) mass is 684 g/mol. The SMILES string of the molecule is CCCCCCCCCCc1ccsc1-c1cc2ccc3c(ccc4cc(-c5sccc5CCCCCCCCCC)sc43)c2s1. The van der Waals surface area contributed by atoms with E-state index in [9.17, 15) is 0 Å². The third kappa shape index (κ3) is 8.35. The predicted molar refractivity (Wildman–Crippen MR) is 214 cm³/mol. The molecule has 0 unspecified atom stereocenters. The number of fused-ring (bicyclic) bond motifs is 5. The van der Waals surface area contributed by atoms with Crippen molar-refractivity contribution in [1.82, 2.24) is 0 Å². The van der Waals surface area contributed by atoms with E-state index in [1.165, 1.54) is 166 Å². The summed E-state index contributed by atoms with van der Waals surface area (Å²) in [5, 5.41) is 10.2. The van der Waals surface area contributed by atoms with E-state index >= 15 is 0 Å². The van der Waals surface area contributed by atoms with Crippen molar-refractivity contribution >= 4 is 76.3 Å². The highest BCUT2D eigenvalue weighted by atomic mass is 32.1. The zero-order valence-corrected chi connectivity index (χ0v) is 31.4. The lowest BCUT2D eigenvalue weighted by molar-refractivity contribution is 0.576. The molecule has 0 aliphatic heterocycles. The molecule has 0 aliphatic carbocycles. The van der Waals surface area contributed by atoms with Crippen LogP contribution in [-0.2, 0) is 12.8 Å². The van der Waals surface area contributed by atoms with Gasteiger partial charge in [-0.05, 0) is 82.6 Å². The first-order valence-electron chi connectivity index (χ1n) is 18.3. The van der Waals surface area contributed by atoms with Gasteiger partial charge in [0.1, 0.15) is 0 Å². The summed E-state index contributed by atoms with van der Waals surface area (Å²) < 4.78 is 2.89. The van der Waals surface area contributed by atoms with Crippen LogP contribution in [0.25, 0.3) is 50.5 Å². The Bertz CT molecular complexity index is 1660. The van der Waals surface area contributed by atoms with Gasteiger partial charge in [-0.3, -0.25) is 0 Å². The van der Waals surface area contributed by atoms with E-state index in [4.69, 9.17) is 0 Å². The Morgan fingerprint density at radius 3 is 1.24 bits per heavy atom. The smallest absolute Gasteiger partial charge is 0.0474 e. The Hall–Kier alpha value is -1.98. The van der Waals surface area contributed by atoms with Crippen molar-refractivity contribution in [2.75, 3.05) is 0 Å². The molecule has 244 valence electrons. The van der Waals surface area contributed by atoms with Crippen molar-refractivity contribution in [3.8, 4) is 19.5 Å². The van der Waals surface area contributed by atoms with E-state index < -0.39 is 0 Å². The van der Waals surface area contributed by atoms with Crippen molar-refractivity contribution < 1.29 is 0 Å². The predicted octanol–water partition coefficient (Wildman–Crippen LogP) is 16.1. The molecule has 46 heavy (non-hydrogen) atoms. The van der Waals surface area contributed by atoms with E-state index in [0.717, 1.165) is 0 Å². The average Bonchev–Trinajstić information content (AvgIpc) is 3.88. The first kappa shape index (κ1) is 33.9. The highest BCUT2D eigenvalue weighted by Gasteiger charge is 2.16. The summed E-state index contributed by atoms with van der Waals surface area (Å²) in [6, 6.07) is 19.2. The Morgan fingerprint density at radius 1 is 0.435 bits per heavy atom. The van der Waals surface area contributed by atoms with Crippen LogP contribution in [0.3, 0.4) is 0 Å². The molecule has 0 nitrogen and oxygen atoms in total. The fourth-order valence-corrected chi connectivity index (χ4v) is 11.6. The molecular formula is C42H52S4. The normalized spacial score (nSPS) is 12.0. The molecule has 0 N–H and O–H groups in total. The lowest BCUT2D eigenvalue weighted by Gasteiger charge is -2.03. The van der Waals surface area contributed by atoms with E-state index in [-0.39, 0.29) is 0 Å². The minimum Gasteiger partial charge on any atom is -0.143 e. The molecule has 0 aliphatic rings. The summed E-state index contributed by atoms with van der Waals surface area (Å²) >= 11 is 7.87. The molecule has 6 aromatic rings. The fourth-order valence-electron chi connectivity index (χ4n) is 7.02. The second kappa shape index (κ2) is 17.4. The average molecular weight is 685 g/mol. The molecule has 0 saturated heterocycles. The van der Waals surface area contributed by atoms with Gasteiger partial charge in [0.05, 0.1) is 0 Å². The maximum atomic E-state index is 2.45. The van der Waals surface area contributed by atoms with Crippen LogP contribution in [0, 0.1) is 0 Å². The van der Waals surface area contributed by atoms with Crippen LogP contribution in [0.1, 0.15) is 128 Å². The lowest BCUT2D eigenvalue weighted by atomic mass is 10.0. The van der Waals surface area contributed by atoms with Crippen LogP contribution in [0.4, 0.5) is 0 Å². The third-order valence-corrected chi connectivity index (χ3v) is 14.3. The van der Waals surface area contributed by atoms with Crippen molar-refractivity contribution in [1.29, 1.82) is 0 Å². The maximum Gasteiger partial charge on any atom is 0.0474 e. The topological polar surface area (TPSA) is 0 Å². The van der Waals surface area contributed by atoms with Crippen LogP contribution in [0.2, 0.25) is 0 Å². The van der Waals surface area contributed by atoms with Crippen molar-refractivity contribution in [2.24, 2.45) is 0 Å². The minimum atomic E-state index is 1.21. The zero-order valence-electron chi connectivity index (χ0n) is 28.1. The Balaban J connectivity index is 1.14. The molecule has 0 bridgehead atoms. The van der Waals surface area contributed by atoms with Crippen molar-refractivity contribution in [2.45, 2.75) is 129 Å². The first-order valence-corrected chi connectivity index (χ1v) is 21.7. The Labute approximate surface area is 293 Å². The molecule has 0 radical (unpaired) electrons. The number of hydrogen-bond acceptors (Lipinski definition) is 4. The molecule has 0 spiro atoms. The van der Waals surface area contributed by atoms with E-state index in [2.05, 4.69) is 73.1 Å². The van der Waals surface area contributed by atoms with Gasteiger partial charge in [-0.15, -0.1) is 45.3 Å². The standard InChI is InChI=1S/C42H52S4/c1-3-5-7-9-11-13-15-17-19-31-25-27-43-41(31)37-29-33-21-23-36-35(39(33)45-37)24-22-34-30-38(46-40(34)36)42-32(26-28-44-42)20-18-16-14-12-10-8-6-4-2/h21-30H,3-20H2,1-2H3. The number of aryl methyl sites for hydroxylation is 2. The quantitative estimate of drug-likeness (QED) is 0.0702. The molecule has 6 rings (SSSR count). The zero-order chi connectivity index (χ0) is 31.6. The van der Waals surface area contributed by atoms with Gasteiger partial charge in [0.25, 0.3) is 0 Å². The number of benzene rings is 2. The van der Waals surface area contributed by atoms with Gasteiger partial charge in [0, 0.05) is 39.7 Å².